The number of ether oxygens (including phenoxy) is 1. The molecule has 0 spiro atoms. The molecule has 3 heterocycles. The number of likely N-dealkylation sites (tertiary alicyclic amines) is 1. The van der Waals surface area contributed by atoms with E-state index in [1.807, 2.05) is 34.7 Å². The number of aryl methyl sites for hydroxylation is 1. The second kappa shape index (κ2) is 7.59. The Hall–Kier alpha value is -1.93. The number of nitrogens with zero attached hydrogens (tertiary/aromatic N) is 4. The number of amides is 1. The number of aromatic nitrogens is 3. The lowest BCUT2D eigenvalue weighted by molar-refractivity contribution is -0.131. The van der Waals surface area contributed by atoms with E-state index in [1.165, 1.54) is 18.2 Å². The maximum atomic E-state index is 13.3. The summed E-state index contributed by atoms with van der Waals surface area (Å²) >= 11 is 7.81. The van der Waals surface area contributed by atoms with Crippen molar-refractivity contribution in [3.8, 4) is 5.75 Å². The highest BCUT2D eigenvalue weighted by atomic mass is 35.5. The first-order chi connectivity index (χ1) is 13.1. The van der Waals surface area contributed by atoms with Crippen molar-refractivity contribution < 1.29 is 9.53 Å². The van der Waals surface area contributed by atoms with Crippen molar-refractivity contribution in [2.45, 2.75) is 42.6 Å². The first-order valence-electron chi connectivity index (χ1n) is 9.06. The average Bonchev–Trinajstić information content (AvgIpc) is 3.07. The fourth-order valence-electron chi connectivity index (χ4n) is 3.57. The molecule has 2 unspecified atom stereocenters. The lowest BCUT2D eigenvalue weighted by Crippen LogP contribution is -2.47. The fraction of sp³-hybridized carbons (Fsp3) is 0.500. The lowest BCUT2D eigenvalue weighted by atomic mass is 10.0. The van der Waals surface area contributed by atoms with Gasteiger partial charge in [-0.1, -0.05) is 29.4 Å². The molecule has 27 heavy (non-hydrogen) atoms. The maximum absolute atomic E-state index is 13.3. The highest BCUT2D eigenvalue weighted by Crippen LogP contribution is 2.39. The van der Waals surface area contributed by atoms with Crippen molar-refractivity contribution in [2.75, 3.05) is 25.6 Å². The van der Waals surface area contributed by atoms with Crippen LogP contribution in [0.25, 0.3) is 0 Å². The zero-order chi connectivity index (χ0) is 19.0. The van der Waals surface area contributed by atoms with Crippen molar-refractivity contribution in [3.05, 3.63) is 34.6 Å². The van der Waals surface area contributed by atoms with E-state index in [2.05, 4.69) is 15.6 Å². The smallest absolute Gasteiger partial charge is 0.238 e. The van der Waals surface area contributed by atoms with Crippen LogP contribution in [0, 0.1) is 6.92 Å². The summed E-state index contributed by atoms with van der Waals surface area (Å²) in [5.74, 6) is 1.51. The van der Waals surface area contributed by atoms with Crippen LogP contribution in [-0.2, 0) is 4.79 Å². The molecule has 1 amide bonds. The minimum Gasteiger partial charge on any atom is -0.495 e. The van der Waals surface area contributed by atoms with Gasteiger partial charge in [-0.15, -0.1) is 10.2 Å². The second-order valence-electron chi connectivity index (χ2n) is 6.79. The Morgan fingerprint density at radius 1 is 1.30 bits per heavy atom. The molecule has 1 aromatic carbocycles. The Morgan fingerprint density at radius 3 is 2.78 bits per heavy atom. The fourth-order valence-corrected chi connectivity index (χ4v) is 5.04. The van der Waals surface area contributed by atoms with E-state index in [4.69, 9.17) is 16.3 Å². The van der Waals surface area contributed by atoms with Gasteiger partial charge in [-0.25, -0.2) is 4.68 Å². The summed E-state index contributed by atoms with van der Waals surface area (Å²) in [5, 5.41) is 9.24. The molecule has 2 atom stereocenters. The van der Waals surface area contributed by atoms with E-state index < -0.39 is 0 Å². The van der Waals surface area contributed by atoms with E-state index >= 15 is 0 Å². The molecule has 144 valence electrons. The molecule has 0 aliphatic carbocycles. The van der Waals surface area contributed by atoms with Crippen LogP contribution in [-0.4, -0.2) is 51.1 Å². The zero-order valence-corrected chi connectivity index (χ0v) is 16.9. The molecule has 1 N–H and O–H groups in total. The van der Waals surface area contributed by atoms with Gasteiger partial charge in [-0.2, -0.15) is 0 Å². The van der Waals surface area contributed by atoms with Gasteiger partial charge in [0.05, 0.1) is 18.2 Å². The summed E-state index contributed by atoms with van der Waals surface area (Å²) in [6.45, 7) is 3.52. The average molecular weight is 408 g/mol. The number of carbonyl (C=O) groups excluding carboxylic acids is 1. The van der Waals surface area contributed by atoms with Crippen LogP contribution < -0.4 is 10.2 Å². The number of halogens is 1. The van der Waals surface area contributed by atoms with Crippen LogP contribution >= 0.6 is 23.4 Å². The SMILES string of the molecule is COc1ccc(C2Nn3c(C)nnc3SC2C(=O)N2CCCCC2)cc1Cl. The number of methoxy groups -OCH3 is 1. The predicted molar refractivity (Wildman–Crippen MR) is 105 cm³/mol. The van der Waals surface area contributed by atoms with Crippen molar-refractivity contribution >= 4 is 29.3 Å². The Kier molecular flexibility index (Phi) is 5.19. The van der Waals surface area contributed by atoms with Gasteiger partial charge in [0.25, 0.3) is 0 Å². The van der Waals surface area contributed by atoms with Crippen molar-refractivity contribution in [1.29, 1.82) is 0 Å². The summed E-state index contributed by atoms with van der Waals surface area (Å²) in [4.78, 5) is 15.3. The quantitative estimate of drug-likeness (QED) is 0.843. The molecule has 7 nitrogen and oxygen atoms in total. The number of thioether (sulfide) groups is 1. The van der Waals surface area contributed by atoms with E-state index in [1.54, 1.807) is 7.11 Å². The van der Waals surface area contributed by atoms with Crippen molar-refractivity contribution in [2.24, 2.45) is 0 Å². The summed E-state index contributed by atoms with van der Waals surface area (Å²) in [5.41, 5.74) is 4.35. The third-order valence-corrected chi connectivity index (χ3v) is 6.54. The molecule has 2 aliphatic heterocycles. The third-order valence-electron chi connectivity index (χ3n) is 5.04. The van der Waals surface area contributed by atoms with Crippen LogP contribution in [0.15, 0.2) is 23.4 Å². The lowest BCUT2D eigenvalue weighted by Gasteiger charge is -2.37. The van der Waals surface area contributed by atoms with Crippen LogP contribution in [0.3, 0.4) is 0 Å². The third kappa shape index (κ3) is 3.48. The summed E-state index contributed by atoms with van der Waals surface area (Å²) in [6, 6.07) is 5.40. The topological polar surface area (TPSA) is 72.3 Å². The van der Waals surface area contributed by atoms with Gasteiger partial charge in [0, 0.05) is 13.1 Å². The molecule has 4 rings (SSSR count). The first-order valence-corrected chi connectivity index (χ1v) is 10.3. The Labute approximate surface area is 167 Å². The number of hydrogen-bond acceptors (Lipinski definition) is 6. The highest BCUT2D eigenvalue weighted by Gasteiger charge is 2.39. The predicted octanol–water partition coefficient (Wildman–Crippen LogP) is 3.02. The zero-order valence-electron chi connectivity index (χ0n) is 15.3. The Morgan fingerprint density at radius 2 is 2.07 bits per heavy atom. The van der Waals surface area contributed by atoms with Crippen LogP contribution in [0.5, 0.6) is 5.75 Å². The van der Waals surface area contributed by atoms with Gasteiger partial charge in [0.2, 0.25) is 11.1 Å². The summed E-state index contributed by atoms with van der Waals surface area (Å²) in [7, 11) is 1.59. The van der Waals surface area contributed by atoms with Crippen LogP contribution in [0.2, 0.25) is 5.02 Å². The van der Waals surface area contributed by atoms with Gasteiger partial charge in [-0.3, -0.25) is 4.79 Å². The van der Waals surface area contributed by atoms with Gasteiger partial charge in [0.15, 0.2) is 0 Å². The van der Waals surface area contributed by atoms with E-state index in [0.29, 0.717) is 15.9 Å². The van der Waals surface area contributed by atoms with Crippen molar-refractivity contribution in [1.82, 2.24) is 19.8 Å². The second-order valence-corrected chi connectivity index (χ2v) is 8.31. The first kappa shape index (κ1) is 18.4. The van der Waals surface area contributed by atoms with Crippen LogP contribution in [0.1, 0.15) is 36.7 Å². The molecule has 2 aliphatic rings. The van der Waals surface area contributed by atoms with E-state index in [9.17, 15) is 4.79 Å². The molecule has 1 saturated heterocycles. The number of benzene rings is 1. The largest absolute Gasteiger partial charge is 0.495 e. The van der Waals surface area contributed by atoms with Gasteiger partial charge >= 0.3 is 0 Å². The minimum atomic E-state index is -0.330. The molecule has 0 bridgehead atoms. The number of rotatable bonds is 3. The summed E-state index contributed by atoms with van der Waals surface area (Å²) < 4.78 is 7.10. The number of fused-ring (bicyclic) bond motifs is 1. The maximum Gasteiger partial charge on any atom is 0.238 e. The Balaban J connectivity index is 1.69. The molecule has 0 radical (unpaired) electrons. The molecular formula is C18H22ClN5O2S. The normalized spacial score (nSPS) is 22.1. The molecule has 9 heteroatoms. The van der Waals surface area contributed by atoms with Crippen LogP contribution in [0.4, 0.5) is 0 Å². The van der Waals surface area contributed by atoms with Crippen molar-refractivity contribution in [3.63, 3.8) is 0 Å². The molecule has 0 saturated carbocycles. The van der Waals surface area contributed by atoms with E-state index in [0.717, 1.165) is 37.3 Å². The van der Waals surface area contributed by atoms with Gasteiger partial charge in [-0.05, 0) is 43.9 Å². The molecule has 1 fully saturated rings. The minimum absolute atomic E-state index is 0.135. The number of nitrogens with one attached hydrogen (secondary N) is 1. The number of carbonyl (C=O) groups is 1. The standard InChI is InChI=1S/C18H22ClN5O2S/c1-11-20-21-18-24(11)22-15(12-6-7-14(26-2)13(19)10-12)16(27-18)17(25)23-8-4-3-5-9-23/h6-7,10,15-16,22H,3-5,8-9H2,1-2H3. The number of piperidine rings is 1. The Bertz CT molecular complexity index is 852. The molecule has 1 aromatic heterocycles. The molecular weight excluding hydrogens is 386 g/mol. The van der Waals surface area contributed by atoms with E-state index in [-0.39, 0.29) is 17.2 Å². The highest BCUT2D eigenvalue weighted by molar-refractivity contribution is 8.00. The van der Waals surface area contributed by atoms with Gasteiger partial charge in [0.1, 0.15) is 16.8 Å². The summed E-state index contributed by atoms with van der Waals surface area (Å²) in [6.07, 6.45) is 3.31. The van der Waals surface area contributed by atoms with Gasteiger partial charge < -0.3 is 15.1 Å². The molecule has 2 aromatic rings. The number of hydrogen-bond donors (Lipinski definition) is 1. The monoisotopic (exact) mass is 407 g/mol.